The van der Waals surface area contributed by atoms with E-state index in [1.165, 1.54) is 37.1 Å². The van der Waals surface area contributed by atoms with E-state index in [0.717, 1.165) is 12.8 Å². The summed E-state index contributed by atoms with van der Waals surface area (Å²) in [6.07, 6.45) is 5.74. The molecule has 0 atom stereocenters. The van der Waals surface area contributed by atoms with E-state index in [1.54, 1.807) is 12.1 Å². The van der Waals surface area contributed by atoms with Crippen LogP contribution in [0.15, 0.2) is 28.3 Å². The highest BCUT2D eigenvalue weighted by molar-refractivity contribution is 7.99. The predicted octanol–water partition coefficient (Wildman–Crippen LogP) is 3.34. The first-order valence-corrected chi connectivity index (χ1v) is 7.75. The standard InChI is InChI=1S/C14H14FN5S/c15-12-7-4-8-13(11(12)9-16)21-14-17-18-19-20(14)10-5-2-1-3-6-10/h4,7-8,10H,1-3,5-6H2. The van der Waals surface area contributed by atoms with Gasteiger partial charge in [-0.05, 0) is 47.2 Å². The number of benzene rings is 1. The van der Waals surface area contributed by atoms with Gasteiger partial charge >= 0.3 is 0 Å². The minimum absolute atomic E-state index is 0.0423. The van der Waals surface area contributed by atoms with Crippen molar-refractivity contribution in [2.24, 2.45) is 0 Å². The predicted molar refractivity (Wildman–Crippen MR) is 75.2 cm³/mol. The Bertz CT molecular complexity index is 672. The van der Waals surface area contributed by atoms with Crippen molar-refractivity contribution in [3.8, 4) is 6.07 Å². The second kappa shape index (κ2) is 6.22. The normalized spacial score (nSPS) is 15.8. The second-order valence-corrected chi connectivity index (χ2v) is 6.03. The molecule has 1 aliphatic carbocycles. The summed E-state index contributed by atoms with van der Waals surface area (Å²) in [6.45, 7) is 0. The molecule has 7 heteroatoms. The third-order valence-corrected chi connectivity index (χ3v) is 4.68. The van der Waals surface area contributed by atoms with Crippen LogP contribution in [-0.4, -0.2) is 20.2 Å². The van der Waals surface area contributed by atoms with E-state index in [0.29, 0.717) is 16.1 Å². The van der Waals surface area contributed by atoms with Crippen LogP contribution in [-0.2, 0) is 0 Å². The average molecular weight is 303 g/mol. The maximum atomic E-state index is 13.6. The van der Waals surface area contributed by atoms with Gasteiger partial charge in [0.25, 0.3) is 0 Å². The molecule has 1 aliphatic rings. The summed E-state index contributed by atoms with van der Waals surface area (Å²) in [5.74, 6) is -0.515. The lowest BCUT2D eigenvalue weighted by Crippen LogP contribution is -2.15. The molecule has 21 heavy (non-hydrogen) atoms. The number of hydrogen-bond acceptors (Lipinski definition) is 5. The highest BCUT2D eigenvalue weighted by atomic mass is 32.2. The van der Waals surface area contributed by atoms with Gasteiger partial charge in [0.2, 0.25) is 5.16 Å². The zero-order chi connectivity index (χ0) is 14.7. The first kappa shape index (κ1) is 14.0. The van der Waals surface area contributed by atoms with Crippen LogP contribution < -0.4 is 0 Å². The maximum Gasteiger partial charge on any atom is 0.214 e. The Kier molecular flexibility index (Phi) is 4.15. The molecule has 0 N–H and O–H groups in total. The van der Waals surface area contributed by atoms with Crippen molar-refractivity contribution in [3.63, 3.8) is 0 Å². The molecule has 3 rings (SSSR count). The molecule has 0 aliphatic heterocycles. The molecule has 0 bridgehead atoms. The van der Waals surface area contributed by atoms with Crippen molar-refractivity contribution in [2.45, 2.75) is 48.2 Å². The molecule has 0 radical (unpaired) electrons. The Morgan fingerprint density at radius 3 is 2.86 bits per heavy atom. The molecule has 1 aromatic heterocycles. The van der Waals surface area contributed by atoms with Crippen molar-refractivity contribution in [1.29, 1.82) is 5.26 Å². The monoisotopic (exact) mass is 303 g/mol. The van der Waals surface area contributed by atoms with Gasteiger partial charge < -0.3 is 0 Å². The van der Waals surface area contributed by atoms with Crippen LogP contribution >= 0.6 is 11.8 Å². The number of halogens is 1. The SMILES string of the molecule is N#Cc1c(F)cccc1Sc1nnnn1C1CCCCC1. The number of nitriles is 1. The fraction of sp³-hybridized carbons (Fsp3) is 0.429. The summed E-state index contributed by atoms with van der Waals surface area (Å²) < 4.78 is 15.5. The molecule has 2 aromatic rings. The third-order valence-electron chi connectivity index (χ3n) is 3.67. The summed E-state index contributed by atoms with van der Waals surface area (Å²) in [5, 5.41) is 21.5. The quantitative estimate of drug-likeness (QED) is 0.870. The molecule has 108 valence electrons. The van der Waals surface area contributed by atoms with Crippen molar-refractivity contribution >= 4 is 11.8 Å². The Hall–Kier alpha value is -1.94. The van der Waals surface area contributed by atoms with Crippen molar-refractivity contribution in [1.82, 2.24) is 20.2 Å². The fourth-order valence-electron chi connectivity index (χ4n) is 2.60. The molecule has 0 amide bonds. The van der Waals surface area contributed by atoms with Gasteiger partial charge in [-0.15, -0.1) is 5.10 Å². The lowest BCUT2D eigenvalue weighted by Gasteiger charge is -2.22. The number of nitrogens with zero attached hydrogens (tertiary/aromatic N) is 5. The third kappa shape index (κ3) is 2.90. The minimum atomic E-state index is -0.515. The number of aromatic nitrogens is 4. The molecule has 0 unspecified atom stereocenters. The van der Waals surface area contributed by atoms with Crippen LogP contribution in [0.3, 0.4) is 0 Å². The number of hydrogen-bond donors (Lipinski definition) is 0. The van der Waals surface area contributed by atoms with Crippen LogP contribution in [0.4, 0.5) is 4.39 Å². The van der Waals surface area contributed by atoms with E-state index in [2.05, 4.69) is 15.5 Å². The Morgan fingerprint density at radius 2 is 2.10 bits per heavy atom. The highest BCUT2D eigenvalue weighted by Gasteiger charge is 2.21. The van der Waals surface area contributed by atoms with Gasteiger partial charge in [-0.1, -0.05) is 25.3 Å². The summed E-state index contributed by atoms with van der Waals surface area (Å²) in [6, 6.07) is 6.79. The Morgan fingerprint density at radius 1 is 1.29 bits per heavy atom. The van der Waals surface area contributed by atoms with Gasteiger partial charge in [-0.25, -0.2) is 9.07 Å². The van der Waals surface area contributed by atoms with Crippen molar-refractivity contribution in [2.75, 3.05) is 0 Å². The van der Waals surface area contributed by atoms with Crippen LogP contribution in [0.1, 0.15) is 43.7 Å². The molecule has 0 spiro atoms. The van der Waals surface area contributed by atoms with Gasteiger partial charge in [0, 0.05) is 4.90 Å². The van der Waals surface area contributed by atoms with Gasteiger partial charge in [-0.3, -0.25) is 0 Å². The molecule has 5 nitrogen and oxygen atoms in total. The summed E-state index contributed by atoms with van der Waals surface area (Å²) in [7, 11) is 0. The van der Waals surface area contributed by atoms with E-state index < -0.39 is 5.82 Å². The van der Waals surface area contributed by atoms with Crippen LogP contribution in [0.5, 0.6) is 0 Å². The van der Waals surface area contributed by atoms with Gasteiger partial charge in [-0.2, -0.15) is 5.26 Å². The van der Waals surface area contributed by atoms with Crippen molar-refractivity contribution < 1.29 is 4.39 Å². The molecule has 1 aromatic carbocycles. The molecule has 0 saturated heterocycles. The van der Waals surface area contributed by atoms with Crippen molar-refractivity contribution in [3.05, 3.63) is 29.6 Å². The lowest BCUT2D eigenvalue weighted by molar-refractivity contribution is 0.307. The number of tetrazole rings is 1. The zero-order valence-corrected chi connectivity index (χ0v) is 12.2. The summed E-state index contributed by atoms with van der Waals surface area (Å²) in [5.41, 5.74) is 0.0423. The second-order valence-electron chi connectivity index (χ2n) is 5.02. The van der Waals surface area contributed by atoms with E-state index in [9.17, 15) is 4.39 Å². The summed E-state index contributed by atoms with van der Waals surface area (Å²) >= 11 is 1.24. The van der Waals surface area contributed by atoms with Crippen LogP contribution in [0.2, 0.25) is 0 Å². The van der Waals surface area contributed by atoms with E-state index in [1.807, 2.05) is 10.8 Å². The highest BCUT2D eigenvalue weighted by Crippen LogP contribution is 2.34. The maximum absolute atomic E-state index is 13.6. The average Bonchev–Trinajstić information content (AvgIpc) is 2.97. The van der Waals surface area contributed by atoms with Gasteiger partial charge in [0.1, 0.15) is 17.4 Å². The van der Waals surface area contributed by atoms with Gasteiger partial charge in [0.05, 0.1) is 6.04 Å². The van der Waals surface area contributed by atoms with E-state index in [-0.39, 0.29) is 5.56 Å². The smallest absolute Gasteiger partial charge is 0.214 e. The Balaban J connectivity index is 1.88. The summed E-state index contributed by atoms with van der Waals surface area (Å²) in [4.78, 5) is 0.546. The van der Waals surface area contributed by atoms with Crippen LogP contribution in [0, 0.1) is 17.1 Å². The van der Waals surface area contributed by atoms with Gasteiger partial charge in [0.15, 0.2) is 0 Å². The molecule has 1 heterocycles. The van der Waals surface area contributed by atoms with Crippen LogP contribution in [0.25, 0.3) is 0 Å². The first-order valence-electron chi connectivity index (χ1n) is 6.94. The molecular weight excluding hydrogens is 289 g/mol. The topological polar surface area (TPSA) is 67.4 Å². The zero-order valence-electron chi connectivity index (χ0n) is 11.4. The molecule has 1 saturated carbocycles. The Labute approximate surface area is 126 Å². The molecule has 1 fully saturated rings. The largest absolute Gasteiger partial charge is 0.217 e. The van der Waals surface area contributed by atoms with E-state index >= 15 is 0 Å². The van der Waals surface area contributed by atoms with E-state index in [4.69, 9.17) is 5.26 Å². The minimum Gasteiger partial charge on any atom is -0.217 e. The molecular formula is C14H14FN5S. The number of rotatable bonds is 3. The fourth-order valence-corrected chi connectivity index (χ4v) is 3.55. The lowest BCUT2D eigenvalue weighted by atomic mass is 9.96. The first-order chi connectivity index (χ1) is 10.3.